The highest BCUT2D eigenvalue weighted by Crippen LogP contribution is 2.30. The standard InChI is InChI=1S/C35H55N7O4/c1-3-5-7-16-24-41(25-17-8-6-4-2)35(31(43)45-27-29-19-11-9-12-20-29,32(44)46-28-30-21-13-10-14-22-30)23-15-18-26-42(34(38)39)40-33(36)37/h9-14,19-22H,3-8,15-18,23-28H2,1-2H3,(H3,38,39)(H4,36,37,40). The molecule has 0 aromatic heterocycles. The van der Waals surface area contributed by atoms with Gasteiger partial charge in [-0.2, -0.15) is 0 Å². The summed E-state index contributed by atoms with van der Waals surface area (Å²) in [5.74, 6) is -1.88. The van der Waals surface area contributed by atoms with Crippen molar-refractivity contribution in [2.24, 2.45) is 11.5 Å². The van der Waals surface area contributed by atoms with E-state index in [0.717, 1.165) is 62.5 Å². The molecule has 7 N–H and O–H groups in total. The number of guanidine groups is 2. The van der Waals surface area contributed by atoms with E-state index in [-0.39, 0.29) is 38.1 Å². The number of carbonyl (C=O) groups excluding carboxylic acids is 2. The molecule has 0 radical (unpaired) electrons. The molecule has 11 nitrogen and oxygen atoms in total. The second-order valence-electron chi connectivity index (χ2n) is 11.6. The van der Waals surface area contributed by atoms with E-state index in [2.05, 4.69) is 19.3 Å². The van der Waals surface area contributed by atoms with Crippen molar-refractivity contribution in [3.05, 3.63) is 71.8 Å². The van der Waals surface area contributed by atoms with Gasteiger partial charge in [-0.15, -0.1) is 0 Å². The molecule has 0 spiro atoms. The number of hydrogen-bond donors (Lipinski definition) is 5. The van der Waals surface area contributed by atoms with E-state index in [1.807, 2.05) is 65.6 Å². The van der Waals surface area contributed by atoms with Crippen LogP contribution in [0.5, 0.6) is 0 Å². The van der Waals surface area contributed by atoms with Gasteiger partial charge in [0.25, 0.3) is 0 Å². The fraction of sp³-hybridized carbons (Fsp3) is 0.543. The first-order valence-electron chi connectivity index (χ1n) is 16.6. The smallest absolute Gasteiger partial charge is 0.338 e. The zero-order valence-electron chi connectivity index (χ0n) is 27.8. The highest BCUT2D eigenvalue weighted by atomic mass is 16.6. The summed E-state index contributed by atoms with van der Waals surface area (Å²) in [4.78, 5) is 30.8. The van der Waals surface area contributed by atoms with Gasteiger partial charge in [0.15, 0.2) is 0 Å². The summed E-state index contributed by atoms with van der Waals surface area (Å²) in [6, 6.07) is 18.9. The Morgan fingerprint density at radius 1 is 0.696 bits per heavy atom. The first kappa shape index (κ1) is 38.1. The lowest BCUT2D eigenvalue weighted by atomic mass is 9.88. The Balaban J connectivity index is 2.47. The Labute approximate surface area is 275 Å². The first-order chi connectivity index (χ1) is 22.2. The van der Waals surface area contributed by atoms with Crippen molar-refractivity contribution in [1.29, 1.82) is 10.8 Å². The number of nitrogens with two attached hydrogens (primary N) is 2. The summed E-state index contributed by atoms with van der Waals surface area (Å²) >= 11 is 0. The number of ether oxygens (including phenoxy) is 2. The number of hydrogen-bond acceptors (Lipinski definition) is 7. The minimum atomic E-state index is -1.67. The molecule has 0 atom stereocenters. The SMILES string of the molecule is CCCCCCN(CCCCCC)C(CCCCN(NC(=N)N)C(=N)N)(C(=O)OCc1ccccc1)C(=O)OCc1ccccc1. The van der Waals surface area contributed by atoms with Crippen LogP contribution in [0.3, 0.4) is 0 Å². The summed E-state index contributed by atoms with van der Waals surface area (Å²) < 4.78 is 11.9. The molecular weight excluding hydrogens is 582 g/mol. The average Bonchev–Trinajstić information content (AvgIpc) is 3.06. The Morgan fingerprint density at radius 2 is 1.15 bits per heavy atom. The number of rotatable bonds is 22. The van der Waals surface area contributed by atoms with Gasteiger partial charge in [-0.1, -0.05) is 113 Å². The third kappa shape index (κ3) is 13.1. The van der Waals surface area contributed by atoms with Crippen molar-refractivity contribution in [3.63, 3.8) is 0 Å². The largest absolute Gasteiger partial charge is 0.459 e. The van der Waals surface area contributed by atoms with Crippen LogP contribution in [0, 0.1) is 10.8 Å². The maximum Gasteiger partial charge on any atom is 0.338 e. The summed E-state index contributed by atoms with van der Waals surface area (Å²) in [5, 5.41) is 16.6. The third-order valence-corrected chi connectivity index (χ3v) is 7.92. The van der Waals surface area contributed by atoms with Gasteiger partial charge in [-0.25, -0.2) is 9.59 Å². The van der Waals surface area contributed by atoms with E-state index in [1.165, 1.54) is 5.01 Å². The zero-order chi connectivity index (χ0) is 33.6. The van der Waals surface area contributed by atoms with Crippen LogP contribution in [0.2, 0.25) is 0 Å². The average molecular weight is 638 g/mol. The number of carbonyl (C=O) groups is 2. The van der Waals surface area contributed by atoms with Crippen LogP contribution in [0.4, 0.5) is 0 Å². The monoisotopic (exact) mass is 637 g/mol. The van der Waals surface area contributed by atoms with Crippen molar-refractivity contribution in [3.8, 4) is 0 Å². The molecular formula is C35H55N7O4. The topological polar surface area (TPSA) is 171 Å². The van der Waals surface area contributed by atoms with Crippen molar-refractivity contribution >= 4 is 23.9 Å². The number of esters is 2. The molecule has 0 unspecified atom stereocenters. The van der Waals surface area contributed by atoms with Gasteiger partial charge in [0, 0.05) is 6.54 Å². The van der Waals surface area contributed by atoms with Crippen LogP contribution >= 0.6 is 0 Å². The molecule has 2 aromatic carbocycles. The Morgan fingerprint density at radius 3 is 1.57 bits per heavy atom. The Bertz CT molecular complexity index is 1110. The first-order valence-corrected chi connectivity index (χ1v) is 16.6. The minimum absolute atomic E-state index is 0.0353. The Hall–Kier alpha value is -4.12. The molecule has 0 aliphatic heterocycles. The van der Waals surface area contributed by atoms with E-state index in [0.29, 0.717) is 25.9 Å². The van der Waals surface area contributed by atoms with E-state index in [1.54, 1.807) is 0 Å². The number of unbranched alkanes of at least 4 members (excludes halogenated alkanes) is 7. The molecule has 0 heterocycles. The van der Waals surface area contributed by atoms with E-state index in [4.69, 9.17) is 31.8 Å². The molecule has 0 saturated carbocycles. The van der Waals surface area contributed by atoms with Gasteiger partial charge in [0.2, 0.25) is 17.5 Å². The van der Waals surface area contributed by atoms with Gasteiger partial charge in [-0.3, -0.25) is 26.2 Å². The van der Waals surface area contributed by atoms with Crippen LogP contribution in [-0.4, -0.2) is 58.9 Å². The lowest BCUT2D eigenvalue weighted by molar-refractivity contribution is -0.179. The molecule has 0 bridgehead atoms. The van der Waals surface area contributed by atoms with Crippen LogP contribution in [-0.2, 0) is 32.3 Å². The summed E-state index contributed by atoms with van der Waals surface area (Å²) in [5.41, 5.74) is 13.7. The molecule has 0 amide bonds. The van der Waals surface area contributed by atoms with Crippen molar-refractivity contribution in [1.82, 2.24) is 15.3 Å². The highest BCUT2D eigenvalue weighted by Gasteiger charge is 2.53. The molecule has 0 fully saturated rings. The van der Waals surface area contributed by atoms with E-state index < -0.39 is 17.5 Å². The molecule has 46 heavy (non-hydrogen) atoms. The second kappa shape index (κ2) is 21.6. The van der Waals surface area contributed by atoms with Crippen LogP contribution in [0.15, 0.2) is 60.7 Å². The van der Waals surface area contributed by atoms with Gasteiger partial charge in [-0.05, 0) is 56.3 Å². The maximum absolute atomic E-state index is 14.4. The van der Waals surface area contributed by atoms with Crippen LogP contribution in [0.1, 0.15) is 95.6 Å². The third-order valence-electron chi connectivity index (χ3n) is 7.92. The lowest BCUT2D eigenvalue weighted by Gasteiger charge is -2.40. The predicted molar refractivity (Wildman–Crippen MR) is 183 cm³/mol. The second-order valence-corrected chi connectivity index (χ2v) is 11.6. The lowest BCUT2D eigenvalue weighted by Crippen LogP contribution is -2.62. The summed E-state index contributed by atoms with van der Waals surface area (Å²) in [6.45, 7) is 5.73. The fourth-order valence-corrected chi connectivity index (χ4v) is 5.37. The summed E-state index contributed by atoms with van der Waals surface area (Å²) in [7, 11) is 0. The maximum atomic E-state index is 14.4. The number of benzene rings is 2. The molecule has 2 rings (SSSR count). The van der Waals surface area contributed by atoms with E-state index in [9.17, 15) is 9.59 Å². The van der Waals surface area contributed by atoms with Gasteiger partial charge in [0.1, 0.15) is 13.2 Å². The molecule has 0 aliphatic rings. The Kier molecular flexibility index (Phi) is 17.9. The van der Waals surface area contributed by atoms with Crippen molar-refractivity contribution < 1.29 is 19.1 Å². The number of nitrogens with zero attached hydrogens (tertiary/aromatic N) is 2. The van der Waals surface area contributed by atoms with Gasteiger partial charge < -0.3 is 20.9 Å². The quantitative estimate of drug-likeness (QED) is 0.0282. The molecule has 11 heteroatoms. The fourth-order valence-electron chi connectivity index (χ4n) is 5.37. The molecule has 254 valence electrons. The number of hydrazine groups is 1. The number of nitrogens with one attached hydrogen (secondary N) is 3. The highest BCUT2D eigenvalue weighted by molar-refractivity contribution is 6.05. The zero-order valence-corrected chi connectivity index (χ0v) is 27.8. The summed E-state index contributed by atoms with van der Waals surface area (Å²) in [6.07, 6.45) is 8.95. The predicted octanol–water partition coefficient (Wildman–Crippen LogP) is 5.44. The van der Waals surface area contributed by atoms with Gasteiger partial charge in [0.05, 0.1) is 0 Å². The molecule has 0 saturated heterocycles. The molecule has 0 aliphatic carbocycles. The van der Waals surface area contributed by atoms with E-state index >= 15 is 0 Å². The molecule has 2 aromatic rings. The van der Waals surface area contributed by atoms with Crippen LogP contribution < -0.4 is 16.9 Å². The van der Waals surface area contributed by atoms with Crippen molar-refractivity contribution in [2.75, 3.05) is 19.6 Å². The normalized spacial score (nSPS) is 11.2. The minimum Gasteiger partial charge on any atom is -0.459 e. The van der Waals surface area contributed by atoms with Gasteiger partial charge >= 0.3 is 11.9 Å². The van der Waals surface area contributed by atoms with Crippen molar-refractivity contribution in [2.45, 2.75) is 103 Å². The van der Waals surface area contributed by atoms with Crippen LogP contribution in [0.25, 0.3) is 0 Å².